The lowest BCUT2D eigenvalue weighted by atomic mass is 10.2. The summed E-state index contributed by atoms with van der Waals surface area (Å²) in [5.41, 5.74) is 10.4. The smallest absolute Gasteiger partial charge is 0.268 e. The molecule has 3 N–H and O–H groups in total. The first-order valence-corrected chi connectivity index (χ1v) is 13.1. The van der Waals surface area contributed by atoms with E-state index in [1.807, 2.05) is 35.7 Å². The Morgan fingerprint density at radius 2 is 1.89 bits per heavy atom. The van der Waals surface area contributed by atoms with Gasteiger partial charge in [-0.3, -0.25) is 19.7 Å². The van der Waals surface area contributed by atoms with Crippen molar-refractivity contribution in [1.82, 2.24) is 14.5 Å². The molecule has 11 heteroatoms. The summed E-state index contributed by atoms with van der Waals surface area (Å²) in [4.78, 5) is 49.3. The van der Waals surface area contributed by atoms with E-state index in [1.54, 1.807) is 52.4 Å². The number of carbonyl (C=O) groups excluding carboxylic acids is 3. The molecule has 0 unspecified atom stereocenters. The summed E-state index contributed by atoms with van der Waals surface area (Å²) in [6.45, 7) is 0.244. The molecule has 5 rings (SSSR count). The molecule has 0 spiro atoms. The fourth-order valence-corrected chi connectivity index (χ4v) is 5.35. The van der Waals surface area contributed by atoms with E-state index in [2.05, 4.69) is 15.3 Å². The predicted molar refractivity (Wildman–Crippen MR) is 146 cm³/mol. The number of nitrogens with two attached hydrogens (primary N) is 1. The summed E-state index contributed by atoms with van der Waals surface area (Å²) in [5.74, 6) is -0.650. The zero-order valence-electron chi connectivity index (χ0n) is 19.7. The average Bonchev–Trinajstić information content (AvgIpc) is 3.66. The van der Waals surface area contributed by atoms with Crippen molar-refractivity contribution >= 4 is 63.1 Å². The van der Waals surface area contributed by atoms with Crippen molar-refractivity contribution in [3.05, 3.63) is 82.0 Å². The molecule has 37 heavy (non-hydrogen) atoms. The standard InChI is InChI=1S/C26H22N6O3S2/c1-31(25(35)16-5-3-2-4-6-16)17-7-8-20-18(13-17)29-26(32(20)12-11-23(27)33)30-24(34)22-10-9-21(37-22)19-14-36-15-28-19/h2-10,13-15H,11-12H2,1H3,(H2,27,33)(H,29,30,34). The second-order valence-corrected chi connectivity index (χ2v) is 10.0. The lowest BCUT2D eigenvalue weighted by Gasteiger charge is -2.17. The highest BCUT2D eigenvalue weighted by Gasteiger charge is 2.19. The Morgan fingerprint density at radius 1 is 1.08 bits per heavy atom. The minimum absolute atomic E-state index is 0.0788. The van der Waals surface area contributed by atoms with E-state index in [4.69, 9.17) is 5.73 Å². The van der Waals surface area contributed by atoms with Crippen molar-refractivity contribution in [2.75, 3.05) is 17.3 Å². The molecule has 0 atom stereocenters. The topological polar surface area (TPSA) is 123 Å². The Bertz CT molecular complexity index is 1590. The van der Waals surface area contributed by atoms with Crippen molar-refractivity contribution < 1.29 is 14.4 Å². The number of aryl methyl sites for hydroxylation is 1. The number of aromatic nitrogens is 3. The van der Waals surface area contributed by atoms with Crippen LogP contribution in [0.25, 0.3) is 21.6 Å². The molecule has 3 amide bonds. The van der Waals surface area contributed by atoms with Gasteiger partial charge in [0, 0.05) is 36.6 Å². The molecule has 0 radical (unpaired) electrons. The SMILES string of the molecule is CN(C(=O)c1ccccc1)c1ccc2c(c1)nc(NC(=O)c1ccc(-c3cscn3)s1)n2CCC(N)=O. The number of rotatable bonds is 8. The number of nitrogens with one attached hydrogen (secondary N) is 1. The van der Waals surface area contributed by atoms with Crippen LogP contribution in [0.2, 0.25) is 0 Å². The van der Waals surface area contributed by atoms with Gasteiger partial charge in [0.05, 0.1) is 32.0 Å². The Balaban J connectivity index is 1.45. The van der Waals surface area contributed by atoms with Gasteiger partial charge < -0.3 is 15.2 Å². The molecule has 9 nitrogen and oxygen atoms in total. The van der Waals surface area contributed by atoms with Gasteiger partial charge in [-0.1, -0.05) is 18.2 Å². The molecule has 0 saturated carbocycles. The number of imidazole rings is 1. The number of nitrogens with zero attached hydrogens (tertiary/aromatic N) is 4. The molecule has 0 aliphatic heterocycles. The van der Waals surface area contributed by atoms with Crippen molar-refractivity contribution in [2.24, 2.45) is 5.73 Å². The molecule has 0 aliphatic rings. The number of hydrogen-bond acceptors (Lipinski definition) is 7. The molecule has 3 aromatic heterocycles. The molecule has 0 saturated heterocycles. The summed E-state index contributed by atoms with van der Waals surface area (Å²) < 4.78 is 1.75. The van der Waals surface area contributed by atoms with Crippen LogP contribution >= 0.6 is 22.7 Å². The molecule has 2 aromatic carbocycles. The van der Waals surface area contributed by atoms with Crippen molar-refractivity contribution in [3.8, 4) is 10.6 Å². The number of fused-ring (bicyclic) bond motifs is 1. The van der Waals surface area contributed by atoms with Gasteiger partial charge in [-0.25, -0.2) is 9.97 Å². The van der Waals surface area contributed by atoms with Gasteiger partial charge >= 0.3 is 0 Å². The van der Waals surface area contributed by atoms with Gasteiger partial charge in [-0.2, -0.15) is 0 Å². The van der Waals surface area contributed by atoms with E-state index in [1.165, 1.54) is 22.7 Å². The number of hydrogen-bond donors (Lipinski definition) is 2. The van der Waals surface area contributed by atoms with Crippen LogP contribution in [0.15, 0.2) is 71.6 Å². The third-order valence-electron chi connectivity index (χ3n) is 5.77. The molecule has 5 aromatic rings. The Hall–Kier alpha value is -4.35. The van der Waals surface area contributed by atoms with Crippen molar-refractivity contribution in [2.45, 2.75) is 13.0 Å². The third kappa shape index (κ3) is 5.13. The zero-order valence-corrected chi connectivity index (χ0v) is 21.4. The van der Waals surface area contributed by atoms with E-state index in [0.717, 1.165) is 10.6 Å². The van der Waals surface area contributed by atoms with Crippen molar-refractivity contribution in [3.63, 3.8) is 0 Å². The summed E-state index contributed by atoms with van der Waals surface area (Å²) in [5, 5.41) is 4.79. The monoisotopic (exact) mass is 530 g/mol. The molecular weight excluding hydrogens is 508 g/mol. The molecule has 186 valence electrons. The van der Waals surface area contributed by atoms with Gasteiger partial charge in [-0.15, -0.1) is 22.7 Å². The van der Waals surface area contributed by atoms with Gasteiger partial charge in [0.15, 0.2) is 0 Å². The van der Waals surface area contributed by atoms with Gasteiger partial charge in [0.1, 0.15) is 0 Å². The van der Waals surface area contributed by atoms with Gasteiger partial charge in [-0.05, 0) is 42.5 Å². The van der Waals surface area contributed by atoms with E-state index >= 15 is 0 Å². The number of carbonyl (C=O) groups is 3. The highest BCUT2D eigenvalue weighted by molar-refractivity contribution is 7.17. The van der Waals surface area contributed by atoms with Crippen LogP contribution < -0.4 is 16.0 Å². The quantitative estimate of drug-likeness (QED) is 0.303. The van der Waals surface area contributed by atoms with Crippen LogP contribution in [0, 0.1) is 0 Å². The summed E-state index contributed by atoms with van der Waals surface area (Å²) in [7, 11) is 1.69. The van der Waals surface area contributed by atoms with Crippen LogP contribution in [0.5, 0.6) is 0 Å². The Labute approximate surface area is 220 Å². The maximum Gasteiger partial charge on any atom is 0.268 e. The first-order chi connectivity index (χ1) is 17.9. The minimum atomic E-state index is -0.463. The maximum absolute atomic E-state index is 13.1. The normalized spacial score (nSPS) is 10.9. The maximum atomic E-state index is 13.1. The van der Waals surface area contributed by atoms with Gasteiger partial charge in [0.25, 0.3) is 11.8 Å². The van der Waals surface area contributed by atoms with E-state index in [-0.39, 0.29) is 24.8 Å². The molecule has 0 fully saturated rings. The van der Waals surface area contributed by atoms with Crippen LogP contribution in [-0.2, 0) is 11.3 Å². The fourth-order valence-electron chi connectivity index (χ4n) is 3.86. The van der Waals surface area contributed by atoms with Crippen molar-refractivity contribution in [1.29, 1.82) is 0 Å². The van der Waals surface area contributed by atoms with Gasteiger partial charge in [0.2, 0.25) is 11.9 Å². The Morgan fingerprint density at radius 3 is 2.62 bits per heavy atom. The van der Waals surface area contributed by atoms with Crippen LogP contribution in [-0.4, -0.2) is 39.3 Å². The Kier molecular flexibility index (Phi) is 6.80. The lowest BCUT2D eigenvalue weighted by Crippen LogP contribution is -2.26. The second kappa shape index (κ2) is 10.3. The molecule has 3 heterocycles. The van der Waals surface area contributed by atoms with Crippen LogP contribution in [0.1, 0.15) is 26.5 Å². The highest BCUT2D eigenvalue weighted by Crippen LogP contribution is 2.30. The lowest BCUT2D eigenvalue weighted by molar-refractivity contribution is -0.118. The number of amides is 3. The van der Waals surface area contributed by atoms with Crippen LogP contribution in [0.3, 0.4) is 0 Å². The van der Waals surface area contributed by atoms with E-state index in [0.29, 0.717) is 33.1 Å². The zero-order chi connectivity index (χ0) is 25.9. The fraction of sp³-hybridized carbons (Fsp3) is 0.115. The number of thiazole rings is 1. The average molecular weight is 531 g/mol. The number of primary amides is 1. The summed E-state index contributed by atoms with van der Waals surface area (Å²) in [6, 6.07) is 18.0. The first-order valence-electron chi connectivity index (χ1n) is 11.3. The third-order valence-corrected chi connectivity index (χ3v) is 7.46. The first kappa shape index (κ1) is 24.3. The second-order valence-electron chi connectivity index (χ2n) is 8.20. The van der Waals surface area contributed by atoms with E-state index < -0.39 is 5.91 Å². The molecule has 0 aliphatic carbocycles. The molecular formula is C26H22N6O3S2. The highest BCUT2D eigenvalue weighted by atomic mass is 32.1. The number of thiophene rings is 1. The number of anilines is 2. The predicted octanol–water partition coefficient (Wildman–Crippen LogP) is 4.63. The number of benzene rings is 2. The largest absolute Gasteiger partial charge is 0.370 e. The van der Waals surface area contributed by atoms with E-state index in [9.17, 15) is 14.4 Å². The summed E-state index contributed by atoms with van der Waals surface area (Å²) >= 11 is 2.82. The molecule has 0 bridgehead atoms. The van der Waals surface area contributed by atoms with Crippen LogP contribution in [0.4, 0.5) is 11.6 Å². The summed E-state index contributed by atoms with van der Waals surface area (Å²) in [6.07, 6.45) is 0.0788. The minimum Gasteiger partial charge on any atom is -0.370 e.